The van der Waals surface area contributed by atoms with Crippen molar-refractivity contribution in [3.8, 4) is 11.5 Å². The largest absolute Gasteiger partial charge is 0.454 e. The van der Waals surface area contributed by atoms with Crippen molar-refractivity contribution >= 4 is 40.1 Å². The van der Waals surface area contributed by atoms with Crippen molar-refractivity contribution in [3.05, 3.63) is 47.5 Å². The number of amidine groups is 1. The minimum atomic E-state index is -0.497. The van der Waals surface area contributed by atoms with E-state index in [1.165, 1.54) is 11.8 Å². The monoisotopic (exact) mass is 425 g/mol. The summed E-state index contributed by atoms with van der Waals surface area (Å²) in [5.74, 6) is 1.04. The van der Waals surface area contributed by atoms with Crippen LogP contribution < -0.4 is 14.8 Å². The summed E-state index contributed by atoms with van der Waals surface area (Å²) in [7, 11) is 0. The maximum atomic E-state index is 12.8. The third kappa shape index (κ3) is 4.00. The molecular weight excluding hydrogens is 402 g/mol. The summed E-state index contributed by atoms with van der Waals surface area (Å²) < 4.78 is 10.7. The van der Waals surface area contributed by atoms with Gasteiger partial charge in [-0.2, -0.15) is 0 Å². The fourth-order valence-electron chi connectivity index (χ4n) is 3.34. The number of carbonyl (C=O) groups is 2. The zero-order valence-corrected chi connectivity index (χ0v) is 17.9. The van der Waals surface area contributed by atoms with Crippen LogP contribution in [0.25, 0.3) is 0 Å². The second-order valence-corrected chi connectivity index (χ2v) is 8.29. The standard InChI is InChI=1S/C22H23N3O4S/c1-4-25-21(27)19(11-20(26)24-16-7-5-6-13(2)14(16)3)30-22(25)23-15-8-9-17-18(10-15)29-12-28-17/h5-10,19H,4,11-12H2,1-3H3,(H,24,26)/t19-/m0/s1. The van der Waals surface area contributed by atoms with Gasteiger partial charge in [0.05, 0.1) is 5.69 Å². The van der Waals surface area contributed by atoms with Crippen LogP contribution in [0.5, 0.6) is 11.5 Å². The lowest BCUT2D eigenvalue weighted by Gasteiger charge is -2.14. The molecule has 0 radical (unpaired) electrons. The van der Waals surface area contributed by atoms with Crippen LogP contribution in [0.3, 0.4) is 0 Å². The number of benzene rings is 2. The van der Waals surface area contributed by atoms with Crippen LogP contribution in [0.15, 0.2) is 41.4 Å². The molecule has 1 fully saturated rings. The quantitative estimate of drug-likeness (QED) is 0.783. The average molecular weight is 426 g/mol. The van der Waals surface area contributed by atoms with E-state index >= 15 is 0 Å². The van der Waals surface area contributed by atoms with E-state index in [1.807, 2.05) is 45.0 Å². The van der Waals surface area contributed by atoms with E-state index in [-0.39, 0.29) is 25.0 Å². The molecule has 0 bridgehead atoms. The SMILES string of the molecule is CCN1C(=O)[C@H](CC(=O)Nc2cccc(C)c2C)SC1=Nc1ccc2c(c1)OCO2. The number of aliphatic imine (C=N–C) groups is 1. The molecule has 0 spiro atoms. The first kappa shape index (κ1) is 20.3. The lowest BCUT2D eigenvalue weighted by atomic mass is 10.1. The summed E-state index contributed by atoms with van der Waals surface area (Å²) in [5.41, 5.74) is 3.58. The Balaban J connectivity index is 1.48. The van der Waals surface area contributed by atoms with Gasteiger partial charge in [0.15, 0.2) is 16.7 Å². The number of nitrogens with zero attached hydrogens (tertiary/aromatic N) is 2. The molecule has 156 valence electrons. The smallest absolute Gasteiger partial charge is 0.242 e. The summed E-state index contributed by atoms with van der Waals surface area (Å²) in [6.45, 7) is 6.55. The number of hydrogen-bond donors (Lipinski definition) is 1. The molecular formula is C22H23N3O4S. The highest BCUT2D eigenvalue weighted by molar-refractivity contribution is 8.15. The molecule has 0 aromatic heterocycles. The van der Waals surface area contributed by atoms with Crippen LogP contribution in [-0.2, 0) is 9.59 Å². The number of thioether (sulfide) groups is 1. The summed E-state index contributed by atoms with van der Waals surface area (Å²) >= 11 is 1.32. The predicted molar refractivity (Wildman–Crippen MR) is 118 cm³/mol. The Labute approximate surface area is 179 Å². The number of ether oxygens (including phenoxy) is 2. The summed E-state index contributed by atoms with van der Waals surface area (Å²) in [6, 6.07) is 11.2. The number of fused-ring (bicyclic) bond motifs is 1. The highest BCUT2D eigenvalue weighted by Crippen LogP contribution is 2.37. The van der Waals surface area contributed by atoms with Crippen molar-refractivity contribution in [1.29, 1.82) is 0 Å². The van der Waals surface area contributed by atoms with Gasteiger partial charge < -0.3 is 14.8 Å². The molecule has 0 unspecified atom stereocenters. The third-order valence-electron chi connectivity index (χ3n) is 5.17. The molecule has 8 heteroatoms. The molecule has 30 heavy (non-hydrogen) atoms. The molecule has 2 aliphatic heterocycles. The number of nitrogens with one attached hydrogen (secondary N) is 1. The highest BCUT2D eigenvalue weighted by Gasteiger charge is 2.38. The topological polar surface area (TPSA) is 80.2 Å². The molecule has 1 saturated heterocycles. The first-order valence-electron chi connectivity index (χ1n) is 9.78. The van der Waals surface area contributed by atoms with Gasteiger partial charge in [0.1, 0.15) is 5.25 Å². The van der Waals surface area contributed by atoms with E-state index < -0.39 is 5.25 Å². The van der Waals surface area contributed by atoms with E-state index in [2.05, 4.69) is 10.3 Å². The van der Waals surface area contributed by atoms with Crippen LogP contribution in [0.2, 0.25) is 0 Å². The van der Waals surface area contributed by atoms with Crippen molar-refractivity contribution in [2.45, 2.75) is 32.4 Å². The average Bonchev–Trinajstić information content (AvgIpc) is 3.29. The van der Waals surface area contributed by atoms with Gasteiger partial charge in [-0.05, 0) is 50.1 Å². The molecule has 2 aliphatic rings. The van der Waals surface area contributed by atoms with Gasteiger partial charge in [0.2, 0.25) is 18.6 Å². The Bertz CT molecular complexity index is 1040. The van der Waals surface area contributed by atoms with E-state index in [0.717, 1.165) is 16.8 Å². The van der Waals surface area contributed by atoms with E-state index in [4.69, 9.17) is 9.47 Å². The lowest BCUT2D eigenvalue weighted by Crippen LogP contribution is -2.33. The van der Waals surface area contributed by atoms with E-state index in [9.17, 15) is 9.59 Å². The van der Waals surface area contributed by atoms with Crippen LogP contribution in [0.4, 0.5) is 11.4 Å². The summed E-state index contributed by atoms with van der Waals surface area (Å²) in [5, 5.41) is 3.02. The Hall–Kier alpha value is -3.00. The van der Waals surface area contributed by atoms with Gasteiger partial charge in [-0.3, -0.25) is 14.5 Å². The molecule has 4 rings (SSSR count). The van der Waals surface area contributed by atoms with Gasteiger partial charge in [0.25, 0.3) is 0 Å². The molecule has 0 aliphatic carbocycles. The number of hydrogen-bond acceptors (Lipinski definition) is 6. The maximum absolute atomic E-state index is 12.8. The predicted octanol–water partition coefficient (Wildman–Crippen LogP) is 4.01. The number of anilines is 1. The molecule has 2 aromatic carbocycles. The van der Waals surface area contributed by atoms with Gasteiger partial charge in [-0.1, -0.05) is 23.9 Å². The molecule has 7 nitrogen and oxygen atoms in total. The molecule has 0 saturated carbocycles. The van der Waals surface area contributed by atoms with Crippen molar-refractivity contribution in [2.75, 3.05) is 18.7 Å². The fraction of sp³-hybridized carbons (Fsp3) is 0.318. The Morgan fingerprint density at radius 1 is 1.23 bits per heavy atom. The highest BCUT2D eigenvalue weighted by atomic mass is 32.2. The van der Waals surface area contributed by atoms with Crippen molar-refractivity contribution in [3.63, 3.8) is 0 Å². The van der Waals surface area contributed by atoms with Crippen molar-refractivity contribution < 1.29 is 19.1 Å². The fourth-order valence-corrected chi connectivity index (χ4v) is 4.56. The van der Waals surface area contributed by atoms with Gasteiger partial charge in [-0.15, -0.1) is 0 Å². The number of aryl methyl sites for hydroxylation is 1. The van der Waals surface area contributed by atoms with Crippen LogP contribution >= 0.6 is 11.8 Å². The van der Waals surface area contributed by atoms with Gasteiger partial charge >= 0.3 is 0 Å². The van der Waals surface area contributed by atoms with E-state index in [0.29, 0.717) is 28.9 Å². The minimum absolute atomic E-state index is 0.0908. The van der Waals surface area contributed by atoms with Crippen LogP contribution in [-0.4, -0.2) is 40.5 Å². The second-order valence-electron chi connectivity index (χ2n) is 7.12. The Morgan fingerprint density at radius 3 is 2.83 bits per heavy atom. The van der Waals surface area contributed by atoms with Crippen LogP contribution in [0, 0.1) is 13.8 Å². The van der Waals surface area contributed by atoms with Crippen molar-refractivity contribution in [1.82, 2.24) is 4.90 Å². The number of rotatable bonds is 5. The zero-order chi connectivity index (χ0) is 21.3. The normalized spacial score (nSPS) is 18.9. The summed E-state index contributed by atoms with van der Waals surface area (Å²) in [4.78, 5) is 31.7. The summed E-state index contributed by atoms with van der Waals surface area (Å²) in [6.07, 6.45) is 0.0908. The lowest BCUT2D eigenvalue weighted by molar-refractivity contribution is -0.128. The molecule has 2 heterocycles. The Kier molecular flexibility index (Phi) is 5.67. The maximum Gasteiger partial charge on any atom is 0.242 e. The first-order chi connectivity index (χ1) is 14.5. The molecule has 2 amide bonds. The number of carbonyl (C=O) groups excluding carboxylic acids is 2. The van der Waals surface area contributed by atoms with Gasteiger partial charge in [0, 0.05) is 24.7 Å². The third-order valence-corrected chi connectivity index (χ3v) is 6.34. The number of amides is 2. The van der Waals surface area contributed by atoms with Gasteiger partial charge in [-0.25, -0.2) is 4.99 Å². The molecule has 2 aromatic rings. The van der Waals surface area contributed by atoms with E-state index in [1.54, 1.807) is 17.0 Å². The Morgan fingerprint density at radius 2 is 2.03 bits per heavy atom. The second kappa shape index (κ2) is 8.39. The first-order valence-corrected chi connectivity index (χ1v) is 10.7. The van der Waals surface area contributed by atoms with Crippen LogP contribution in [0.1, 0.15) is 24.5 Å². The van der Waals surface area contributed by atoms with Crippen molar-refractivity contribution in [2.24, 2.45) is 4.99 Å². The molecule has 1 atom stereocenters. The molecule has 1 N–H and O–H groups in total. The zero-order valence-electron chi connectivity index (χ0n) is 17.1. The minimum Gasteiger partial charge on any atom is -0.454 e.